The van der Waals surface area contributed by atoms with Crippen LogP contribution in [0.15, 0.2) is 60.7 Å². The Kier molecular flexibility index (Phi) is 7.02. The van der Waals surface area contributed by atoms with E-state index in [0.29, 0.717) is 37.5 Å². The van der Waals surface area contributed by atoms with Crippen molar-refractivity contribution in [2.45, 2.75) is 6.61 Å². The van der Waals surface area contributed by atoms with Gasteiger partial charge in [-0.25, -0.2) is 4.79 Å². The van der Waals surface area contributed by atoms with Crippen LogP contribution in [0.3, 0.4) is 0 Å². The van der Waals surface area contributed by atoms with E-state index in [0.717, 1.165) is 5.56 Å². The highest BCUT2D eigenvalue weighted by Gasteiger charge is 2.11. The minimum atomic E-state index is -1.03. The molecule has 0 aliphatic rings. The van der Waals surface area contributed by atoms with E-state index in [9.17, 15) is 10.1 Å². The monoisotopic (exact) mass is 457 g/mol. The number of carboxylic acid groups (broad SMARTS) is 1. The van der Waals surface area contributed by atoms with Crippen molar-refractivity contribution in [2.24, 2.45) is 0 Å². The predicted molar refractivity (Wildman–Crippen MR) is 119 cm³/mol. The molecule has 7 heteroatoms. The number of ether oxygens (including phenoxy) is 1. The average Bonchev–Trinajstić information content (AvgIpc) is 2.73. The maximum atomic E-state index is 11.0. The first-order valence-corrected chi connectivity index (χ1v) is 9.82. The van der Waals surface area contributed by atoms with Crippen LogP contribution in [0.4, 0.5) is 0 Å². The molecule has 0 aromatic heterocycles. The van der Waals surface area contributed by atoms with Crippen molar-refractivity contribution in [1.82, 2.24) is 0 Å². The molecule has 0 saturated heterocycles. The lowest BCUT2D eigenvalue weighted by atomic mass is 10.0. The number of rotatable bonds is 6. The van der Waals surface area contributed by atoms with Crippen LogP contribution < -0.4 is 4.74 Å². The number of hydrogen-bond acceptors (Lipinski definition) is 3. The van der Waals surface area contributed by atoms with E-state index in [1.54, 1.807) is 42.5 Å². The molecule has 3 rings (SSSR count). The number of halogens is 3. The zero-order valence-corrected chi connectivity index (χ0v) is 17.7. The molecule has 0 unspecified atom stereocenters. The van der Waals surface area contributed by atoms with Gasteiger partial charge in [0.1, 0.15) is 6.61 Å². The Morgan fingerprint density at radius 1 is 0.967 bits per heavy atom. The number of nitrogens with zero attached hydrogens (tertiary/aromatic N) is 1. The van der Waals surface area contributed by atoms with Gasteiger partial charge in [-0.15, -0.1) is 0 Å². The summed E-state index contributed by atoms with van der Waals surface area (Å²) in [4.78, 5) is 11.0. The zero-order valence-electron chi connectivity index (χ0n) is 15.4. The van der Waals surface area contributed by atoms with Crippen molar-refractivity contribution in [3.63, 3.8) is 0 Å². The highest BCUT2D eigenvalue weighted by Crippen LogP contribution is 2.36. The third-order valence-corrected chi connectivity index (χ3v) is 5.00. The van der Waals surface area contributed by atoms with E-state index >= 15 is 0 Å². The molecule has 0 spiro atoms. The van der Waals surface area contributed by atoms with Gasteiger partial charge in [0.2, 0.25) is 0 Å². The number of hydrogen-bond donors (Lipinski definition) is 1. The summed E-state index contributed by atoms with van der Waals surface area (Å²) in [6, 6.07) is 18.7. The molecule has 0 atom stereocenters. The average molecular weight is 459 g/mol. The van der Waals surface area contributed by atoms with Crippen molar-refractivity contribution >= 4 is 52.4 Å². The molecule has 0 aliphatic carbocycles. The lowest BCUT2D eigenvalue weighted by Gasteiger charge is -2.11. The second kappa shape index (κ2) is 9.69. The molecule has 0 amide bonds. The highest BCUT2D eigenvalue weighted by molar-refractivity contribution is 6.37. The fraction of sp³-hybridized carbons (Fsp3) is 0.0435. The minimum Gasteiger partial charge on any atom is -0.486 e. The third-order valence-electron chi connectivity index (χ3n) is 4.19. The molecule has 0 aliphatic heterocycles. The highest BCUT2D eigenvalue weighted by atomic mass is 35.5. The Morgan fingerprint density at radius 2 is 1.53 bits per heavy atom. The third kappa shape index (κ3) is 5.34. The first kappa shape index (κ1) is 21.7. The Bertz CT molecular complexity index is 1120. The summed E-state index contributed by atoms with van der Waals surface area (Å²) >= 11 is 18.6. The lowest BCUT2D eigenvalue weighted by Crippen LogP contribution is -1.97. The minimum absolute atomic E-state index is 0.143. The summed E-state index contributed by atoms with van der Waals surface area (Å²) in [7, 11) is 0. The summed E-state index contributed by atoms with van der Waals surface area (Å²) in [5.41, 5.74) is 2.59. The summed E-state index contributed by atoms with van der Waals surface area (Å²) < 4.78 is 5.75. The number of carboxylic acids is 1. The van der Waals surface area contributed by atoms with Gasteiger partial charge in [0.25, 0.3) is 0 Å². The molecule has 30 heavy (non-hydrogen) atoms. The fourth-order valence-corrected chi connectivity index (χ4v) is 3.42. The molecular formula is C23H14Cl3NO3. The van der Waals surface area contributed by atoms with Gasteiger partial charge in [0.15, 0.2) is 5.75 Å². The van der Waals surface area contributed by atoms with Gasteiger partial charge < -0.3 is 9.84 Å². The fourth-order valence-electron chi connectivity index (χ4n) is 2.68. The topological polar surface area (TPSA) is 70.3 Å². The molecule has 3 aromatic carbocycles. The van der Waals surface area contributed by atoms with Gasteiger partial charge in [-0.1, -0.05) is 59.1 Å². The summed E-state index contributed by atoms with van der Waals surface area (Å²) in [5, 5.41) is 19.8. The van der Waals surface area contributed by atoms with Crippen LogP contribution in [0, 0.1) is 11.3 Å². The Labute approximate surface area is 188 Å². The van der Waals surface area contributed by atoms with Crippen LogP contribution in [0.5, 0.6) is 5.75 Å². The molecule has 1 N–H and O–H groups in total. The SMILES string of the molecule is N#C/C(=C/c1cc(Cl)c(OCc2ccc(Cl)cc2)c(Cl)c1)c1ccc(C(=O)O)cc1. The number of benzene rings is 3. The van der Waals surface area contributed by atoms with Gasteiger partial charge in [0.05, 0.1) is 27.3 Å². The first-order chi connectivity index (χ1) is 14.4. The summed E-state index contributed by atoms with van der Waals surface area (Å²) in [6.45, 7) is 0.269. The second-order valence-electron chi connectivity index (χ2n) is 6.28. The Hall–Kier alpha value is -2.97. The van der Waals surface area contributed by atoms with Crippen LogP contribution in [0.25, 0.3) is 11.6 Å². The van der Waals surface area contributed by atoms with E-state index in [2.05, 4.69) is 6.07 Å². The zero-order chi connectivity index (χ0) is 21.7. The standard InChI is InChI=1S/C23H14Cl3NO3/c24-19-7-1-14(2-8-19)13-30-22-20(25)10-15(11-21(22)26)9-18(12-27)16-3-5-17(6-4-16)23(28)29/h1-11H,13H2,(H,28,29)/b18-9-. The molecule has 4 nitrogen and oxygen atoms in total. The smallest absolute Gasteiger partial charge is 0.335 e. The molecule has 0 radical (unpaired) electrons. The maximum absolute atomic E-state index is 11.0. The van der Waals surface area contributed by atoms with Gasteiger partial charge in [-0.2, -0.15) is 5.26 Å². The molecule has 0 bridgehead atoms. The van der Waals surface area contributed by atoms with Gasteiger partial charge in [0, 0.05) is 5.02 Å². The summed E-state index contributed by atoms with van der Waals surface area (Å²) in [6.07, 6.45) is 1.62. The van der Waals surface area contributed by atoms with Crippen LogP contribution in [-0.4, -0.2) is 11.1 Å². The number of allylic oxidation sites excluding steroid dienone is 1. The van der Waals surface area contributed by atoms with Crippen molar-refractivity contribution in [3.05, 3.63) is 98.0 Å². The van der Waals surface area contributed by atoms with Crippen LogP contribution in [-0.2, 0) is 6.61 Å². The predicted octanol–water partition coefficient (Wildman–Crippen LogP) is 6.99. The quantitative estimate of drug-likeness (QED) is 0.319. The number of nitriles is 1. The van der Waals surface area contributed by atoms with Crippen molar-refractivity contribution in [2.75, 3.05) is 0 Å². The Balaban J connectivity index is 1.83. The normalized spacial score (nSPS) is 11.1. The summed E-state index contributed by atoms with van der Waals surface area (Å²) in [5.74, 6) is -0.688. The van der Waals surface area contributed by atoms with E-state index in [1.807, 2.05) is 12.1 Å². The molecule has 150 valence electrons. The van der Waals surface area contributed by atoms with Crippen LogP contribution in [0.1, 0.15) is 27.0 Å². The van der Waals surface area contributed by atoms with Crippen LogP contribution in [0.2, 0.25) is 15.1 Å². The largest absolute Gasteiger partial charge is 0.486 e. The van der Waals surface area contributed by atoms with Crippen molar-refractivity contribution < 1.29 is 14.6 Å². The van der Waals surface area contributed by atoms with Gasteiger partial charge in [-0.3, -0.25) is 0 Å². The van der Waals surface area contributed by atoms with Gasteiger partial charge in [-0.05, 0) is 59.2 Å². The number of aromatic carboxylic acids is 1. The molecule has 3 aromatic rings. The lowest BCUT2D eigenvalue weighted by molar-refractivity contribution is 0.0697. The number of carbonyl (C=O) groups is 1. The van der Waals surface area contributed by atoms with Crippen molar-refractivity contribution in [1.29, 1.82) is 5.26 Å². The van der Waals surface area contributed by atoms with E-state index in [1.165, 1.54) is 12.1 Å². The first-order valence-electron chi connectivity index (χ1n) is 8.69. The molecule has 0 fully saturated rings. The molecular weight excluding hydrogens is 445 g/mol. The van der Waals surface area contributed by atoms with E-state index in [-0.39, 0.29) is 12.2 Å². The van der Waals surface area contributed by atoms with E-state index < -0.39 is 5.97 Å². The van der Waals surface area contributed by atoms with Crippen LogP contribution >= 0.6 is 34.8 Å². The second-order valence-corrected chi connectivity index (χ2v) is 7.53. The maximum Gasteiger partial charge on any atom is 0.335 e. The molecule has 0 heterocycles. The van der Waals surface area contributed by atoms with Crippen molar-refractivity contribution in [3.8, 4) is 11.8 Å². The molecule has 0 saturated carbocycles. The van der Waals surface area contributed by atoms with Gasteiger partial charge >= 0.3 is 5.97 Å². The van der Waals surface area contributed by atoms with E-state index in [4.69, 9.17) is 44.6 Å². The Morgan fingerprint density at radius 3 is 2.07 bits per heavy atom.